The largest absolute Gasteiger partial charge is 0.342 e. The van der Waals surface area contributed by atoms with Gasteiger partial charge < -0.3 is 15.5 Å². The van der Waals surface area contributed by atoms with Gasteiger partial charge in [-0.05, 0) is 38.9 Å². The maximum absolute atomic E-state index is 12.3. The van der Waals surface area contributed by atoms with Crippen molar-refractivity contribution in [2.75, 3.05) is 32.7 Å². The molecule has 0 aliphatic carbocycles. The third-order valence-electron chi connectivity index (χ3n) is 4.03. The Hall–Kier alpha value is -0.610. The molecule has 2 atom stereocenters. The summed E-state index contributed by atoms with van der Waals surface area (Å²) in [5.74, 6) is 0.362. The molecule has 1 amide bonds. The molecule has 0 aliphatic rings. The van der Waals surface area contributed by atoms with Gasteiger partial charge in [0.1, 0.15) is 0 Å². The molecule has 1 unspecified atom stereocenters. The van der Waals surface area contributed by atoms with E-state index in [4.69, 9.17) is 5.73 Å². The van der Waals surface area contributed by atoms with E-state index < -0.39 is 0 Å². The second-order valence-corrected chi connectivity index (χ2v) is 5.21. The second-order valence-electron chi connectivity index (χ2n) is 5.21. The van der Waals surface area contributed by atoms with Gasteiger partial charge in [0.15, 0.2) is 0 Å². The van der Waals surface area contributed by atoms with E-state index in [1.807, 2.05) is 18.7 Å². The minimum Gasteiger partial charge on any atom is -0.342 e. The summed E-state index contributed by atoms with van der Waals surface area (Å²) in [6, 6.07) is -0.349. The van der Waals surface area contributed by atoms with Crippen LogP contribution >= 0.6 is 0 Å². The van der Waals surface area contributed by atoms with E-state index in [2.05, 4.69) is 25.7 Å². The van der Waals surface area contributed by atoms with Gasteiger partial charge in [-0.2, -0.15) is 0 Å². The predicted octanol–water partition coefficient (Wildman–Crippen LogP) is 1.94. The smallest absolute Gasteiger partial charge is 0.239 e. The third kappa shape index (κ3) is 6.39. The first-order chi connectivity index (χ1) is 9.01. The van der Waals surface area contributed by atoms with Crippen LogP contribution in [0.3, 0.4) is 0 Å². The Morgan fingerprint density at radius 1 is 1.05 bits per heavy atom. The fourth-order valence-corrected chi connectivity index (χ4v) is 2.16. The Bertz CT molecular complexity index is 242. The average molecular weight is 271 g/mol. The minimum absolute atomic E-state index is 0.108. The van der Waals surface area contributed by atoms with Crippen molar-refractivity contribution in [3.8, 4) is 0 Å². The zero-order valence-electron chi connectivity index (χ0n) is 13.5. The van der Waals surface area contributed by atoms with Crippen molar-refractivity contribution in [2.45, 2.75) is 53.5 Å². The quantitative estimate of drug-likeness (QED) is 0.660. The fraction of sp³-hybridized carbons (Fsp3) is 0.933. The highest BCUT2D eigenvalue weighted by Crippen LogP contribution is 2.09. The normalized spacial score (nSPS) is 14.5. The fourth-order valence-electron chi connectivity index (χ4n) is 2.16. The summed E-state index contributed by atoms with van der Waals surface area (Å²) in [6.07, 6.45) is 1.97. The van der Waals surface area contributed by atoms with E-state index in [9.17, 15) is 4.79 Å². The number of carbonyl (C=O) groups excluding carboxylic acids is 1. The molecule has 0 fully saturated rings. The molecule has 0 radical (unpaired) electrons. The first-order valence-corrected chi connectivity index (χ1v) is 7.78. The molecule has 0 heterocycles. The van der Waals surface area contributed by atoms with Gasteiger partial charge in [-0.3, -0.25) is 4.79 Å². The molecule has 2 N–H and O–H groups in total. The topological polar surface area (TPSA) is 49.6 Å². The first-order valence-electron chi connectivity index (χ1n) is 7.78. The summed E-state index contributed by atoms with van der Waals surface area (Å²) in [5.41, 5.74) is 6.03. The lowest BCUT2D eigenvalue weighted by atomic mass is 9.99. The lowest BCUT2D eigenvalue weighted by Gasteiger charge is -2.28. The Morgan fingerprint density at radius 2 is 1.63 bits per heavy atom. The van der Waals surface area contributed by atoms with E-state index in [1.165, 1.54) is 0 Å². The summed E-state index contributed by atoms with van der Waals surface area (Å²) in [6.45, 7) is 15.3. The predicted molar refractivity (Wildman–Crippen MR) is 82.1 cm³/mol. The van der Waals surface area contributed by atoms with Crippen molar-refractivity contribution in [1.29, 1.82) is 0 Å². The van der Waals surface area contributed by atoms with E-state index in [-0.39, 0.29) is 17.9 Å². The summed E-state index contributed by atoms with van der Waals surface area (Å²) >= 11 is 0. The molecule has 0 saturated heterocycles. The van der Waals surface area contributed by atoms with Crippen molar-refractivity contribution in [3.63, 3.8) is 0 Å². The van der Waals surface area contributed by atoms with E-state index in [0.717, 1.165) is 45.6 Å². The lowest BCUT2D eigenvalue weighted by Crippen LogP contribution is -2.47. The molecule has 0 aromatic rings. The molecule has 19 heavy (non-hydrogen) atoms. The molecule has 4 heteroatoms. The van der Waals surface area contributed by atoms with Gasteiger partial charge in [-0.1, -0.05) is 34.1 Å². The molecule has 0 rings (SSSR count). The highest BCUT2D eigenvalue weighted by molar-refractivity contribution is 5.81. The van der Waals surface area contributed by atoms with Crippen LogP contribution in [-0.2, 0) is 4.79 Å². The maximum atomic E-state index is 12.3. The van der Waals surface area contributed by atoms with E-state index in [1.54, 1.807) is 0 Å². The standard InChI is InChI=1S/C15H33N3O/c1-6-13(5)14(16)15(19)18(9-4)12-10-11-17(7-2)8-3/h13-14H,6-12,16H2,1-5H3/t13?,14-/m0/s1. The molecule has 114 valence electrons. The minimum atomic E-state index is -0.349. The molecule has 0 spiro atoms. The molecular formula is C15H33N3O. The summed E-state index contributed by atoms with van der Waals surface area (Å²) in [7, 11) is 0. The van der Waals surface area contributed by atoms with Crippen LogP contribution in [0.4, 0.5) is 0 Å². The number of hydrogen-bond acceptors (Lipinski definition) is 3. The van der Waals surface area contributed by atoms with E-state index >= 15 is 0 Å². The second kappa shape index (κ2) is 10.2. The van der Waals surface area contributed by atoms with Gasteiger partial charge >= 0.3 is 0 Å². The number of nitrogens with zero attached hydrogens (tertiary/aromatic N) is 2. The van der Waals surface area contributed by atoms with Crippen LogP contribution in [-0.4, -0.2) is 54.5 Å². The van der Waals surface area contributed by atoms with Crippen LogP contribution in [0.15, 0.2) is 0 Å². The van der Waals surface area contributed by atoms with Crippen molar-refractivity contribution >= 4 is 5.91 Å². The zero-order valence-corrected chi connectivity index (χ0v) is 13.5. The Labute approximate surface area is 119 Å². The van der Waals surface area contributed by atoms with Crippen LogP contribution in [0.2, 0.25) is 0 Å². The molecule has 0 aromatic heterocycles. The van der Waals surface area contributed by atoms with Crippen LogP contribution < -0.4 is 5.73 Å². The van der Waals surface area contributed by atoms with Crippen molar-refractivity contribution < 1.29 is 4.79 Å². The van der Waals surface area contributed by atoms with Gasteiger partial charge in [0.2, 0.25) is 5.91 Å². The van der Waals surface area contributed by atoms with Crippen LogP contribution in [0.5, 0.6) is 0 Å². The number of likely N-dealkylation sites (N-methyl/N-ethyl adjacent to an activating group) is 1. The molecule has 0 saturated carbocycles. The lowest BCUT2D eigenvalue weighted by molar-refractivity contribution is -0.133. The SMILES string of the molecule is CCC(C)[C@H](N)C(=O)N(CC)CCCN(CC)CC. The summed E-state index contributed by atoms with van der Waals surface area (Å²) in [5, 5.41) is 0. The van der Waals surface area contributed by atoms with Gasteiger partial charge in [-0.15, -0.1) is 0 Å². The Kier molecular flexibility index (Phi) is 9.88. The summed E-state index contributed by atoms with van der Waals surface area (Å²) in [4.78, 5) is 16.6. The number of nitrogens with two attached hydrogens (primary N) is 1. The maximum Gasteiger partial charge on any atom is 0.239 e. The monoisotopic (exact) mass is 271 g/mol. The molecule has 0 bridgehead atoms. The summed E-state index contributed by atoms with van der Waals surface area (Å²) < 4.78 is 0. The highest BCUT2D eigenvalue weighted by Gasteiger charge is 2.23. The Morgan fingerprint density at radius 3 is 2.05 bits per heavy atom. The number of amides is 1. The van der Waals surface area contributed by atoms with E-state index in [0.29, 0.717) is 0 Å². The third-order valence-corrected chi connectivity index (χ3v) is 4.03. The number of hydrogen-bond donors (Lipinski definition) is 1. The van der Waals surface area contributed by atoms with Gasteiger partial charge in [0.25, 0.3) is 0 Å². The molecule has 4 nitrogen and oxygen atoms in total. The van der Waals surface area contributed by atoms with Gasteiger partial charge in [0, 0.05) is 13.1 Å². The Balaban J connectivity index is 4.23. The molecular weight excluding hydrogens is 238 g/mol. The molecule has 0 aliphatic heterocycles. The van der Waals surface area contributed by atoms with Gasteiger partial charge in [-0.25, -0.2) is 0 Å². The van der Waals surface area contributed by atoms with Crippen LogP contribution in [0.25, 0.3) is 0 Å². The van der Waals surface area contributed by atoms with Crippen molar-refractivity contribution in [2.24, 2.45) is 11.7 Å². The van der Waals surface area contributed by atoms with Crippen molar-refractivity contribution in [1.82, 2.24) is 9.80 Å². The van der Waals surface area contributed by atoms with Gasteiger partial charge in [0.05, 0.1) is 6.04 Å². The highest BCUT2D eigenvalue weighted by atomic mass is 16.2. The zero-order chi connectivity index (χ0) is 14.8. The average Bonchev–Trinajstić information content (AvgIpc) is 2.45. The van der Waals surface area contributed by atoms with Crippen LogP contribution in [0, 0.1) is 5.92 Å². The number of rotatable bonds is 10. The van der Waals surface area contributed by atoms with Crippen LogP contribution in [0.1, 0.15) is 47.5 Å². The van der Waals surface area contributed by atoms with Crippen molar-refractivity contribution in [3.05, 3.63) is 0 Å². The molecule has 0 aromatic carbocycles. The first kappa shape index (κ1) is 18.4. The number of carbonyl (C=O) groups is 1.